The first-order valence-corrected chi connectivity index (χ1v) is 7.47. The minimum Gasteiger partial charge on any atom is -0.496 e. The molecule has 0 N–H and O–H groups in total. The molecular formula is C19H20F2O4. The van der Waals surface area contributed by atoms with Gasteiger partial charge >= 0.3 is 0 Å². The van der Waals surface area contributed by atoms with Crippen LogP contribution >= 0.6 is 0 Å². The summed E-state index contributed by atoms with van der Waals surface area (Å²) in [5.74, 6) is 1.59. The lowest BCUT2D eigenvalue weighted by atomic mass is 9.96. The molecule has 0 fully saturated rings. The summed E-state index contributed by atoms with van der Waals surface area (Å²) in [6.45, 7) is 1.80. The van der Waals surface area contributed by atoms with E-state index >= 15 is 0 Å². The topological polar surface area (TPSA) is 36.9 Å². The van der Waals surface area contributed by atoms with Gasteiger partial charge in [-0.05, 0) is 47.9 Å². The molecule has 0 heterocycles. The zero-order valence-electron chi connectivity index (χ0n) is 14.8. The molecule has 2 aromatic rings. The van der Waals surface area contributed by atoms with Gasteiger partial charge in [-0.25, -0.2) is 0 Å². The van der Waals surface area contributed by atoms with E-state index in [1.54, 1.807) is 25.1 Å². The molecule has 4 nitrogen and oxygen atoms in total. The predicted octanol–water partition coefficient (Wildman–Crippen LogP) is 4.69. The Morgan fingerprint density at radius 3 is 1.68 bits per heavy atom. The van der Waals surface area contributed by atoms with Gasteiger partial charge in [0.25, 0.3) is 6.08 Å². The number of hydrogen-bond acceptors (Lipinski definition) is 4. The Kier molecular flexibility index (Phi) is 5.85. The molecule has 6 heteroatoms. The molecule has 0 aliphatic carbocycles. The van der Waals surface area contributed by atoms with Crippen LogP contribution in [0, 0.1) is 6.92 Å². The lowest BCUT2D eigenvalue weighted by molar-refractivity contribution is 0.324. The van der Waals surface area contributed by atoms with Gasteiger partial charge in [-0.3, -0.25) is 0 Å². The van der Waals surface area contributed by atoms with Crippen molar-refractivity contribution in [2.75, 3.05) is 28.4 Å². The molecule has 0 atom stereocenters. The van der Waals surface area contributed by atoms with Crippen LogP contribution in [0.15, 0.2) is 36.4 Å². The molecule has 2 rings (SSSR count). The highest BCUT2D eigenvalue weighted by atomic mass is 19.3. The van der Waals surface area contributed by atoms with Crippen LogP contribution in [0.25, 0.3) is 5.57 Å². The maximum Gasteiger partial charge on any atom is 0.278 e. The van der Waals surface area contributed by atoms with Crippen molar-refractivity contribution in [2.45, 2.75) is 6.92 Å². The average molecular weight is 350 g/mol. The van der Waals surface area contributed by atoms with Crippen LogP contribution < -0.4 is 18.9 Å². The Morgan fingerprint density at radius 1 is 0.720 bits per heavy atom. The monoisotopic (exact) mass is 350 g/mol. The van der Waals surface area contributed by atoms with Crippen molar-refractivity contribution in [1.82, 2.24) is 0 Å². The molecule has 0 bridgehead atoms. The van der Waals surface area contributed by atoms with Gasteiger partial charge in [0, 0.05) is 0 Å². The highest BCUT2D eigenvalue weighted by Gasteiger charge is 2.19. The smallest absolute Gasteiger partial charge is 0.278 e. The SMILES string of the molecule is COc1ccc(C(=C(F)F)c2cc(OC)c(OC)c(OC)c2)cc1C. The number of rotatable bonds is 6. The molecule has 0 aliphatic heterocycles. The van der Waals surface area contributed by atoms with Gasteiger partial charge in [-0.15, -0.1) is 0 Å². The first-order chi connectivity index (χ1) is 12.0. The number of benzene rings is 2. The van der Waals surface area contributed by atoms with Crippen LogP contribution in [0.3, 0.4) is 0 Å². The van der Waals surface area contributed by atoms with Crippen LogP contribution in [-0.2, 0) is 0 Å². The fraction of sp³-hybridized carbons (Fsp3) is 0.263. The van der Waals surface area contributed by atoms with E-state index < -0.39 is 6.08 Å². The van der Waals surface area contributed by atoms with E-state index in [4.69, 9.17) is 18.9 Å². The highest BCUT2D eigenvalue weighted by Crippen LogP contribution is 2.42. The van der Waals surface area contributed by atoms with Gasteiger partial charge in [0.2, 0.25) is 5.75 Å². The number of aryl methyl sites for hydroxylation is 1. The Morgan fingerprint density at radius 2 is 1.28 bits per heavy atom. The van der Waals surface area contributed by atoms with Gasteiger partial charge < -0.3 is 18.9 Å². The molecule has 25 heavy (non-hydrogen) atoms. The predicted molar refractivity (Wildman–Crippen MR) is 92.1 cm³/mol. The van der Waals surface area contributed by atoms with Crippen molar-refractivity contribution in [2.24, 2.45) is 0 Å². The fourth-order valence-electron chi connectivity index (χ4n) is 2.64. The van der Waals surface area contributed by atoms with Crippen LogP contribution in [0.5, 0.6) is 23.0 Å². The van der Waals surface area contributed by atoms with Crippen molar-refractivity contribution in [3.05, 3.63) is 53.1 Å². The Labute approximate surface area is 145 Å². The van der Waals surface area contributed by atoms with Gasteiger partial charge in [0.15, 0.2) is 11.5 Å². The summed E-state index contributed by atoms with van der Waals surface area (Å²) < 4.78 is 48.5. The van der Waals surface area contributed by atoms with Crippen molar-refractivity contribution in [3.8, 4) is 23.0 Å². The molecule has 2 aromatic carbocycles. The van der Waals surface area contributed by atoms with Gasteiger partial charge in [0.1, 0.15) is 5.75 Å². The van der Waals surface area contributed by atoms with E-state index in [9.17, 15) is 8.78 Å². The van der Waals surface area contributed by atoms with Crippen LogP contribution in [0.2, 0.25) is 0 Å². The average Bonchev–Trinajstić information content (AvgIpc) is 2.60. The van der Waals surface area contributed by atoms with Crippen molar-refractivity contribution in [3.63, 3.8) is 0 Å². The molecule has 134 valence electrons. The number of halogens is 2. The third-order valence-corrected chi connectivity index (χ3v) is 3.83. The Balaban J connectivity index is 2.67. The lowest BCUT2D eigenvalue weighted by Crippen LogP contribution is -1.98. The molecule has 0 aromatic heterocycles. The molecular weight excluding hydrogens is 330 g/mol. The lowest BCUT2D eigenvalue weighted by Gasteiger charge is -2.16. The zero-order chi connectivity index (χ0) is 18.6. The third-order valence-electron chi connectivity index (χ3n) is 3.83. The number of ether oxygens (including phenoxy) is 4. The van der Waals surface area contributed by atoms with Crippen molar-refractivity contribution < 1.29 is 27.7 Å². The van der Waals surface area contributed by atoms with Crippen LogP contribution in [0.1, 0.15) is 16.7 Å². The van der Waals surface area contributed by atoms with Gasteiger partial charge in [0.05, 0.1) is 34.0 Å². The minimum atomic E-state index is -1.81. The first-order valence-electron chi connectivity index (χ1n) is 7.47. The molecule has 0 unspecified atom stereocenters. The Bertz CT molecular complexity index is 771. The molecule has 0 saturated heterocycles. The van der Waals surface area contributed by atoms with Crippen molar-refractivity contribution in [1.29, 1.82) is 0 Å². The molecule has 0 amide bonds. The van der Waals surface area contributed by atoms with E-state index in [1.165, 1.54) is 40.6 Å². The van der Waals surface area contributed by atoms with E-state index in [2.05, 4.69) is 0 Å². The van der Waals surface area contributed by atoms with Gasteiger partial charge in [-0.2, -0.15) is 8.78 Å². The first kappa shape index (κ1) is 18.6. The second kappa shape index (κ2) is 7.88. The second-order valence-electron chi connectivity index (χ2n) is 5.23. The summed E-state index contributed by atoms with van der Waals surface area (Å²) >= 11 is 0. The highest BCUT2D eigenvalue weighted by molar-refractivity contribution is 5.83. The number of methoxy groups -OCH3 is 4. The Hall–Kier alpha value is -2.76. The van der Waals surface area contributed by atoms with Crippen LogP contribution in [0.4, 0.5) is 8.78 Å². The van der Waals surface area contributed by atoms with E-state index in [1.807, 2.05) is 0 Å². The second-order valence-corrected chi connectivity index (χ2v) is 5.23. The molecule has 0 aliphatic rings. The van der Waals surface area contributed by atoms with Gasteiger partial charge in [-0.1, -0.05) is 6.07 Å². The maximum atomic E-state index is 13.8. The quantitative estimate of drug-likeness (QED) is 0.758. The fourth-order valence-corrected chi connectivity index (χ4v) is 2.64. The molecule has 0 saturated carbocycles. The summed E-state index contributed by atoms with van der Waals surface area (Å²) in [7, 11) is 5.87. The van der Waals surface area contributed by atoms with Crippen molar-refractivity contribution >= 4 is 5.57 Å². The summed E-state index contributed by atoms with van der Waals surface area (Å²) in [6.07, 6.45) is -1.81. The molecule has 0 spiro atoms. The number of hydrogen-bond donors (Lipinski definition) is 0. The maximum absolute atomic E-state index is 13.8. The molecule has 0 radical (unpaired) electrons. The normalized spacial score (nSPS) is 10.2. The minimum absolute atomic E-state index is 0.204. The third kappa shape index (κ3) is 3.68. The zero-order valence-corrected chi connectivity index (χ0v) is 14.8. The van der Waals surface area contributed by atoms with Crippen LogP contribution in [-0.4, -0.2) is 28.4 Å². The van der Waals surface area contributed by atoms with E-state index in [0.29, 0.717) is 28.6 Å². The summed E-state index contributed by atoms with van der Waals surface area (Å²) in [6, 6.07) is 7.89. The van der Waals surface area contributed by atoms with E-state index in [-0.39, 0.29) is 11.1 Å². The summed E-state index contributed by atoms with van der Waals surface area (Å²) in [5, 5.41) is 0. The standard InChI is InChI=1S/C19H20F2O4/c1-11-8-12(6-7-14(11)22-2)17(19(20)21)13-9-15(23-3)18(25-5)16(10-13)24-4/h6-10H,1-5H3. The largest absolute Gasteiger partial charge is 0.496 e. The summed E-state index contributed by atoms with van der Waals surface area (Å²) in [4.78, 5) is 0. The van der Waals surface area contributed by atoms with E-state index in [0.717, 1.165) is 5.56 Å². The summed E-state index contributed by atoms with van der Waals surface area (Å²) in [5.41, 5.74) is 1.18.